The SMILES string of the molecule is Cc1cc(Nc2cc(NCCN3CCOCC3)ncn2)c(=O)n2c1C(=O)CC21CCCC1. The number of pyridine rings is 1. The number of carbonyl (C=O) groups excluding carboxylic acids is 1. The summed E-state index contributed by atoms with van der Waals surface area (Å²) in [6.45, 7) is 7.04. The zero-order valence-electron chi connectivity index (χ0n) is 18.5. The molecule has 5 rings (SSSR count). The number of hydrogen-bond acceptors (Lipinski definition) is 8. The first-order valence-corrected chi connectivity index (χ1v) is 11.5. The average molecular weight is 439 g/mol. The third-order valence-electron chi connectivity index (χ3n) is 6.92. The zero-order chi connectivity index (χ0) is 22.1. The monoisotopic (exact) mass is 438 g/mol. The minimum atomic E-state index is -0.343. The highest BCUT2D eigenvalue weighted by Crippen LogP contribution is 2.45. The molecule has 3 aliphatic rings. The van der Waals surface area contributed by atoms with Crippen LogP contribution in [-0.2, 0) is 10.3 Å². The van der Waals surface area contributed by atoms with Gasteiger partial charge in [0.2, 0.25) is 0 Å². The van der Waals surface area contributed by atoms with Gasteiger partial charge in [0, 0.05) is 38.7 Å². The summed E-state index contributed by atoms with van der Waals surface area (Å²) in [5, 5.41) is 6.51. The molecule has 4 heterocycles. The number of anilines is 3. The van der Waals surface area contributed by atoms with Crippen molar-refractivity contribution in [1.82, 2.24) is 19.4 Å². The summed E-state index contributed by atoms with van der Waals surface area (Å²) in [6, 6.07) is 3.58. The molecule has 0 bridgehead atoms. The van der Waals surface area contributed by atoms with Gasteiger partial charge >= 0.3 is 0 Å². The summed E-state index contributed by atoms with van der Waals surface area (Å²) in [7, 11) is 0. The Balaban J connectivity index is 1.34. The van der Waals surface area contributed by atoms with E-state index in [4.69, 9.17) is 4.74 Å². The van der Waals surface area contributed by atoms with Gasteiger partial charge in [-0.2, -0.15) is 0 Å². The topological polar surface area (TPSA) is 101 Å². The largest absolute Gasteiger partial charge is 0.379 e. The van der Waals surface area contributed by atoms with E-state index in [-0.39, 0.29) is 16.9 Å². The molecule has 2 aromatic heterocycles. The van der Waals surface area contributed by atoms with Gasteiger partial charge in [-0.1, -0.05) is 12.8 Å². The molecular formula is C23H30N6O3. The standard InChI is InChI=1S/C23H30N6O3/c1-16-12-17(22(31)29-21(16)18(30)14-23(29)4-2-3-5-23)27-20-13-19(25-15-26-20)24-6-7-28-8-10-32-11-9-28/h12-13,15H,2-11,14H2,1H3,(H2,24,25,26,27). The Morgan fingerprint density at radius 1 is 1.09 bits per heavy atom. The van der Waals surface area contributed by atoms with Crippen LogP contribution in [0.5, 0.6) is 0 Å². The number of Topliss-reactive ketones (excluding diaryl/α,β-unsaturated/α-hetero) is 1. The van der Waals surface area contributed by atoms with Gasteiger partial charge in [-0.3, -0.25) is 19.1 Å². The van der Waals surface area contributed by atoms with Crippen molar-refractivity contribution < 1.29 is 9.53 Å². The number of ether oxygens (including phenoxy) is 1. The number of nitrogens with zero attached hydrogens (tertiary/aromatic N) is 4. The van der Waals surface area contributed by atoms with Crippen molar-refractivity contribution in [3.05, 3.63) is 40.1 Å². The third-order valence-corrected chi connectivity index (χ3v) is 6.92. The molecule has 0 unspecified atom stereocenters. The highest BCUT2D eigenvalue weighted by Gasteiger charge is 2.46. The number of carbonyl (C=O) groups is 1. The Kier molecular flexibility index (Phi) is 5.69. The van der Waals surface area contributed by atoms with Crippen LogP contribution in [0.15, 0.2) is 23.3 Å². The van der Waals surface area contributed by atoms with Crippen LogP contribution in [0.4, 0.5) is 17.3 Å². The number of ketones is 1. The minimum Gasteiger partial charge on any atom is -0.379 e. The number of nitrogens with one attached hydrogen (secondary N) is 2. The Morgan fingerprint density at radius 2 is 1.84 bits per heavy atom. The third kappa shape index (κ3) is 3.91. The highest BCUT2D eigenvalue weighted by atomic mass is 16.5. The molecule has 2 N–H and O–H groups in total. The molecule has 0 atom stereocenters. The Morgan fingerprint density at radius 3 is 2.62 bits per heavy atom. The molecule has 1 spiro atoms. The molecule has 9 heteroatoms. The first-order valence-electron chi connectivity index (χ1n) is 11.5. The highest BCUT2D eigenvalue weighted by molar-refractivity contribution is 5.99. The fourth-order valence-electron chi connectivity index (χ4n) is 5.35. The lowest BCUT2D eigenvalue weighted by Crippen LogP contribution is -2.39. The van der Waals surface area contributed by atoms with Crippen molar-refractivity contribution in [3.63, 3.8) is 0 Å². The zero-order valence-corrected chi connectivity index (χ0v) is 18.5. The van der Waals surface area contributed by atoms with Crippen molar-refractivity contribution in [2.24, 2.45) is 0 Å². The van der Waals surface area contributed by atoms with E-state index in [9.17, 15) is 9.59 Å². The van der Waals surface area contributed by atoms with E-state index in [0.717, 1.165) is 70.6 Å². The predicted octanol–water partition coefficient (Wildman–Crippen LogP) is 2.29. The quantitative estimate of drug-likeness (QED) is 0.709. The van der Waals surface area contributed by atoms with Gasteiger partial charge in [-0.25, -0.2) is 9.97 Å². The number of fused-ring (bicyclic) bond motifs is 2. The number of aromatic nitrogens is 3. The van der Waals surface area contributed by atoms with Crippen molar-refractivity contribution in [3.8, 4) is 0 Å². The molecule has 0 aromatic carbocycles. The smallest absolute Gasteiger partial charge is 0.275 e. The summed E-state index contributed by atoms with van der Waals surface area (Å²) in [5.41, 5.74) is 1.38. The maximum Gasteiger partial charge on any atom is 0.275 e. The van der Waals surface area contributed by atoms with Gasteiger partial charge < -0.3 is 15.4 Å². The normalized spacial score (nSPS) is 20.0. The van der Waals surface area contributed by atoms with Crippen LogP contribution >= 0.6 is 0 Å². The molecular weight excluding hydrogens is 408 g/mol. The average Bonchev–Trinajstić information content (AvgIpc) is 3.37. The molecule has 1 aliphatic carbocycles. The van der Waals surface area contributed by atoms with Gasteiger partial charge in [0.25, 0.3) is 5.56 Å². The molecule has 170 valence electrons. The van der Waals surface area contributed by atoms with Crippen LogP contribution in [0.25, 0.3) is 0 Å². The Bertz CT molecular complexity index is 1070. The van der Waals surface area contributed by atoms with Gasteiger partial charge in [-0.15, -0.1) is 0 Å². The Labute approximate surface area is 187 Å². The van der Waals surface area contributed by atoms with Crippen LogP contribution in [0.1, 0.15) is 48.2 Å². The van der Waals surface area contributed by atoms with E-state index in [0.29, 0.717) is 29.4 Å². The van der Waals surface area contributed by atoms with E-state index in [1.807, 2.05) is 13.0 Å². The molecule has 1 saturated carbocycles. The molecule has 0 amide bonds. The lowest BCUT2D eigenvalue weighted by atomic mass is 9.94. The summed E-state index contributed by atoms with van der Waals surface area (Å²) in [6.07, 6.45) is 5.82. The summed E-state index contributed by atoms with van der Waals surface area (Å²) < 4.78 is 7.16. The first-order chi connectivity index (χ1) is 15.6. The second kappa shape index (κ2) is 8.63. The van der Waals surface area contributed by atoms with Crippen molar-refractivity contribution >= 4 is 23.1 Å². The molecule has 2 aromatic rings. The lowest BCUT2D eigenvalue weighted by molar-refractivity contribution is 0.0398. The van der Waals surface area contributed by atoms with Crippen LogP contribution in [0.3, 0.4) is 0 Å². The lowest BCUT2D eigenvalue weighted by Gasteiger charge is -2.26. The second-order valence-electron chi connectivity index (χ2n) is 9.06. The number of hydrogen-bond donors (Lipinski definition) is 2. The summed E-state index contributed by atoms with van der Waals surface area (Å²) in [4.78, 5) is 37.1. The van der Waals surface area contributed by atoms with E-state index in [2.05, 4.69) is 25.5 Å². The molecule has 0 radical (unpaired) electrons. The molecule has 2 fully saturated rings. The van der Waals surface area contributed by atoms with E-state index < -0.39 is 0 Å². The van der Waals surface area contributed by atoms with Crippen LogP contribution < -0.4 is 16.2 Å². The second-order valence-corrected chi connectivity index (χ2v) is 9.06. The number of aryl methyl sites for hydroxylation is 1. The number of morpholine rings is 1. The fraction of sp³-hybridized carbons (Fsp3) is 0.565. The van der Waals surface area contributed by atoms with Crippen molar-refractivity contribution in [1.29, 1.82) is 0 Å². The molecule has 9 nitrogen and oxygen atoms in total. The Hall–Kier alpha value is -2.78. The van der Waals surface area contributed by atoms with Crippen molar-refractivity contribution in [2.75, 3.05) is 50.0 Å². The predicted molar refractivity (Wildman–Crippen MR) is 122 cm³/mol. The van der Waals surface area contributed by atoms with Crippen LogP contribution in [-0.4, -0.2) is 64.6 Å². The maximum absolute atomic E-state index is 13.4. The first kappa shape index (κ1) is 21.1. The minimum absolute atomic E-state index is 0.0850. The van der Waals surface area contributed by atoms with Gasteiger partial charge in [-0.05, 0) is 31.4 Å². The van der Waals surface area contributed by atoms with Gasteiger partial charge in [0.05, 0.1) is 24.4 Å². The van der Waals surface area contributed by atoms with Crippen LogP contribution in [0, 0.1) is 6.92 Å². The molecule has 1 saturated heterocycles. The molecule has 32 heavy (non-hydrogen) atoms. The van der Waals surface area contributed by atoms with E-state index in [1.54, 1.807) is 10.6 Å². The molecule has 2 aliphatic heterocycles. The van der Waals surface area contributed by atoms with Crippen molar-refractivity contribution in [2.45, 2.75) is 44.6 Å². The van der Waals surface area contributed by atoms with E-state index >= 15 is 0 Å². The van der Waals surface area contributed by atoms with Gasteiger partial charge in [0.1, 0.15) is 23.7 Å². The maximum atomic E-state index is 13.4. The summed E-state index contributed by atoms with van der Waals surface area (Å²) in [5.74, 6) is 1.34. The number of rotatable bonds is 6. The fourth-order valence-corrected chi connectivity index (χ4v) is 5.35. The summed E-state index contributed by atoms with van der Waals surface area (Å²) >= 11 is 0. The van der Waals surface area contributed by atoms with Crippen LogP contribution in [0.2, 0.25) is 0 Å². The van der Waals surface area contributed by atoms with Gasteiger partial charge in [0.15, 0.2) is 5.78 Å². The van der Waals surface area contributed by atoms with E-state index in [1.165, 1.54) is 6.33 Å².